The molecule has 1 aromatic rings. The quantitative estimate of drug-likeness (QED) is 0.447. The summed E-state index contributed by atoms with van der Waals surface area (Å²) in [6.07, 6.45) is 12.1. The van der Waals surface area contributed by atoms with E-state index < -0.39 is 0 Å². The van der Waals surface area contributed by atoms with Gasteiger partial charge in [0.1, 0.15) is 0 Å². The molecule has 2 rings (SSSR count). The molecule has 1 aliphatic rings. The number of tetrazole rings is 1. The van der Waals surface area contributed by atoms with Gasteiger partial charge in [0.2, 0.25) is 5.16 Å². The maximum Gasteiger partial charge on any atom is 0.209 e. The van der Waals surface area contributed by atoms with E-state index in [9.17, 15) is 0 Å². The van der Waals surface area contributed by atoms with Crippen LogP contribution in [-0.4, -0.2) is 38.5 Å². The van der Waals surface area contributed by atoms with E-state index in [2.05, 4.69) is 27.8 Å². The highest BCUT2D eigenvalue weighted by atomic mass is 32.2. The van der Waals surface area contributed by atoms with Crippen LogP contribution in [0.1, 0.15) is 64.7 Å². The number of thioether (sulfide) groups is 1. The van der Waals surface area contributed by atoms with Crippen molar-refractivity contribution in [2.45, 2.75) is 82.5 Å². The zero-order valence-corrected chi connectivity index (χ0v) is 14.1. The Balaban J connectivity index is 1.50. The van der Waals surface area contributed by atoms with Crippen LogP contribution in [0.3, 0.4) is 0 Å². The number of hydrogen-bond donors (Lipinski definition) is 1. The molecule has 0 amide bonds. The van der Waals surface area contributed by atoms with Crippen molar-refractivity contribution in [1.82, 2.24) is 25.5 Å². The molecule has 5 nitrogen and oxygen atoms in total. The smallest absolute Gasteiger partial charge is 0.209 e. The number of nitrogens with zero attached hydrogens (tertiary/aromatic N) is 4. The van der Waals surface area contributed by atoms with E-state index in [0.29, 0.717) is 0 Å². The monoisotopic (exact) mass is 311 g/mol. The standard InChI is InChI=1S/C15H29N5S/c1-2-3-4-5-6-7-8-13-21-15-17-18-19-20(15)12-11-16-14-9-10-14/h14,16H,2-13H2,1H3. The van der Waals surface area contributed by atoms with Gasteiger partial charge < -0.3 is 5.32 Å². The number of aromatic nitrogens is 4. The van der Waals surface area contributed by atoms with Crippen molar-refractivity contribution in [2.75, 3.05) is 12.3 Å². The van der Waals surface area contributed by atoms with E-state index in [-0.39, 0.29) is 0 Å². The summed E-state index contributed by atoms with van der Waals surface area (Å²) in [6.45, 7) is 4.12. The van der Waals surface area contributed by atoms with Gasteiger partial charge >= 0.3 is 0 Å². The minimum absolute atomic E-state index is 0.755. The largest absolute Gasteiger partial charge is 0.312 e. The molecule has 1 N–H and O–H groups in total. The lowest BCUT2D eigenvalue weighted by Crippen LogP contribution is -2.22. The molecule has 0 atom stereocenters. The summed E-state index contributed by atoms with van der Waals surface area (Å²) in [4.78, 5) is 0. The highest BCUT2D eigenvalue weighted by molar-refractivity contribution is 7.99. The summed E-state index contributed by atoms with van der Waals surface area (Å²) < 4.78 is 1.93. The predicted octanol–water partition coefficient (Wildman–Crippen LogP) is 3.27. The fourth-order valence-electron chi connectivity index (χ4n) is 2.32. The van der Waals surface area contributed by atoms with E-state index in [0.717, 1.165) is 30.0 Å². The summed E-state index contributed by atoms with van der Waals surface area (Å²) in [7, 11) is 0. The lowest BCUT2D eigenvalue weighted by atomic mass is 10.1. The average molecular weight is 311 g/mol. The number of hydrogen-bond acceptors (Lipinski definition) is 5. The van der Waals surface area contributed by atoms with Crippen LogP contribution in [0.5, 0.6) is 0 Å². The Morgan fingerprint density at radius 1 is 1.14 bits per heavy atom. The molecule has 0 saturated heterocycles. The predicted molar refractivity (Wildman–Crippen MR) is 87.6 cm³/mol. The molecule has 6 heteroatoms. The Hall–Kier alpha value is -0.620. The van der Waals surface area contributed by atoms with Gasteiger partial charge in [-0.2, -0.15) is 0 Å². The first-order chi connectivity index (χ1) is 10.4. The van der Waals surface area contributed by atoms with E-state index in [1.807, 2.05) is 4.68 Å². The topological polar surface area (TPSA) is 55.6 Å². The Bertz CT molecular complexity index is 378. The van der Waals surface area contributed by atoms with Gasteiger partial charge in [0.15, 0.2) is 0 Å². The Labute approximate surface area is 132 Å². The van der Waals surface area contributed by atoms with E-state index >= 15 is 0 Å². The molecule has 1 aliphatic carbocycles. The molecular formula is C15H29N5S. The van der Waals surface area contributed by atoms with Crippen molar-refractivity contribution in [3.63, 3.8) is 0 Å². The summed E-state index contributed by atoms with van der Waals surface area (Å²) in [5.74, 6) is 1.13. The van der Waals surface area contributed by atoms with Crippen LogP contribution < -0.4 is 5.32 Å². The SMILES string of the molecule is CCCCCCCCCSc1nnnn1CCNC1CC1. The molecule has 1 saturated carbocycles. The molecule has 21 heavy (non-hydrogen) atoms. The molecule has 0 spiro atoms. The van der Waals surface area contributed by atoms with E-state index in [1.54, 1.807) is 11.8 Å². The van der Waals surface area contributed by atoms with Crippen LogP contribution in [0.2, 0.25) is 0 Å². The van der Waals surface area contributed by atoms with Crippen molar-refractivity contribution < 1.29 is 0 Å². The lowest BCUT2D eigenvalue weighted by Gasteiger charge is -2.05. The van der Waals surface area contributed by atoms with Crippen LogP contribution in [0.4, 0.5) is 0 Å². The Kier molecular flexibility index (Phi) is 8.10. The first-order valence-electron chi connectivity index (χ1n) is 8.52. The van der Waals surface area contributed by atoms with Crippen LogP contribution in [0.25, 0.3) is 0 Å². The minimum Gasteiger partial charge on any atom is -0.312 e. The summed E-state index contributed by atoms with van der Waals surface area (Å²) in [5.41, 5.74) is 0. The van der Waals surface area contributed by atoms with Crippen LogP contribution >= 0.6 is 11.8 Å². The third-order valence-corrected chi connectivity index (χ3v) is 4.86. The van der Waals surface area contributed by atoms with Crippen molar-refractivity contribution in [2.24, 2.45) is 0 Å². The molecule has 1 heterocycles. The van der Waals surface area contributed by atoms with Crippen molar-refractivity contribution in [1.29, 1.82) is 0 Å². The third-order valence-electron chi connectivity index (χ3n) is 3.81. The van der Waals surface area contributed by atoms with Crippen molar-refractivity contribution in [3.8, 4) is 0 Å². The normalized spacial score (nSPS) is 14.7. The fourth-order valence-corrected chi connectivity index (χ4v) is 3.23. The van der Waals surface area contributed by atoms with Crippen LogP contribution in [0.15, 0.2) is 5.16 Å². The molecule has 0 bridgehead atoms. The first-order valence-corrected chi connectivity index (χ1v) is 9.51. The summed E-state index contributed by atoms with van der Waals surface area (Å²) in [6, 6.07) is 0.755. The van der Waals surface area contributed by atoms with Crippen LogP contribution in [0, 0.1) is 0 Å². The molecule has 120 valence electrons. The van der Waals surface area contributed by atoms with E-state index in [4.69, 9.17) is 0 Å². The van der Waals surface area contributed by atoms with E-state index in [1.165, 1.54) is 57.8 Å². The molecule has 0 radical (unpaired) electrons. The zero-order valence-electron chi connectivity index (χ0n) is 13.3. The highest BCUT2D eigenvalue weighted by Gasteiger charge is 2.19. The second-order valence-corrected chi connectivity index (χ2v) is 6.94. The van der Waals surface area contributed by atoms with Gasteiger partial charge in [-0.25, -0.2) is 4.68 Å². The summed E-state index contributed by atoms with van der Waals surface area (Å²) >= 11 is 1.80. The third kappa shape index (κ3) is 7.27. The Morgan fingerprint density at radius 3 is 2.67 bits per heavy atom. The number of unbranched alkanes of at least 4 members (excludes halogenated alkanes) is 6. The first kappa shape index (κ1) is 16.7. The van der Waals surface area contributed by atoms with Gasteiger partial charge in [-0.1, -0.05) is 57.2 Å². The molecule has 1 aromatic heterocycles. The van der Waals surface area contributed by atoms with Gasteiger partial charge in [-0.05, 0) is 29.7 Å². The fraction of sp³-hybridized carbons (Fsp3) is 0.933. The minimum atomic E-state index is 0.755. The number of nitrogens with one attached hydrogen (secondary N) is 1. The highest BCUT2D eigenvalue weighted by Crippen LogP contribution is 2.19. The van der Waals surface area contributed by atoms with Crippen molar-refractivity contribution >= 4 is 11.8 Å². The van der Waals surface area contributed by atoms with Gasteiger partial charge in [0.05, 0.1) is 6.54 Å². The summed E-state index contributed by atoms with van der Waals surface area (Å²) in [5, 5.41) is 16.5. The molecule has 0 aromatic carbocycles. The number of rotatable bonds is 13. The second kappa shape index (κ2) is 10.2. The maximum atomic E-state index is 4.12. The maximum absolute atomic E-state index is 4.12. The zero-order chi connectivity index (χ0) is 14.8. The lowest BCUT2D eigenvalue weighted by molar-refractivity contribution is 0.509. The second-order valence-electron chi connectivity index (χ2n) is 5.88. The van der Waals surface area contributed by atoms with Crippen LogP contribution in [-0.2, 0) is 6.54 Å². The molecule has 0 unspecified atom stereocenters. The van der Waals surface area contributed by atoms with Gasteiger partial charge in [-0.15, -0.1) is 5.10 Å². The van der Waals surface area contributed by atoms with Gasteiger partial charge in [-0.3, -0.25) is 0 Å². The molecule has 0 aliphatic heterocycles. The molecule has 1 fully saturated rings. The Morgan fingerprint density at radius 2 is 1.90 bits per heavy atom. The average Bonchev–Trinajstić information content (AvgIpc) is 3.21. The van der Waals surface area contributed by atoms with Crippen molar-refractivity contribution in [3.05, 3.63) is 0 Å². The van der Waals surface area contributed by atoms with Gasteiger partial charge in [0, 0.05) is 18.3 Å². The van der Waals surface area contributed by atoms with Gasteiger partial charge in [0.25, 0.3) is 0 Å². The molecular weight excluding hydrogens is 282 g/mol.